The van der Waals surface area contributed by atoms with E-state index < -0.39 is 17.6 Å². The number of nitrogens with zero attached hydrogens (tertiary/aromatic N) is 2. The fourth-order valence-electron chi connectivity index (χ4n) is 2.79. The van der Waals surface area contributed by atoms with Crippen LogP contribution in [-0.2, 0) is 19.1 Å². The summed E-state index contributed by atoms with van der Waals surface area (Å²) >= 11 is 5.88. The predicted molar refractivity (Wildman–Crippen MR) is 83.5 cm³/mol. The Labute approximate surface area is 145 Å². The smallest absolute Gasteiger partial charge is 0.349 e. The normalized spacial score (nSPS) is 17.7. The third-order valence-corrected chi connectivity index (χ3v) is 4.46. The number of carbonyl (C=O) groups is 1. The van der Waals surface area contributed by atoms with Crippen molar-refractivity contribution in [3.8, 4) is 0 Å². The van der Waals surface area contributed by atoms with Crippen LogP contribution in [0.5, 0.6) is 0 Å². The van der Waals surface area contributed by atoms with Gasteiger partial charge in [0.25, 0.3) is 5.91 Å². The van der Waals surface area contributed by atoms with Gasteiger partial charge in [0.2, 0.25) is 0 Å². The van der Waals surface area contributed by atoms with Crippen LogP contribution in [0.25, 0.3) is 0 Å². The summed E-state index contributed by atoms with van der Waals surface area (Å²) in [5.41, 5.74) is -1.48. The van der Waals surface area contributed by atoms with E-state index in [2.05, 4.69) is 15.5 Å². The first-order chi connectivity index (χ1) is 11.8. The molecular weight excluding hydrogens is 361 g/mol. The van der Waals surface area contributed by atoms with Crippen molar-refractivity contribution in [3.63, 3.8) is 0 Å². The number of halogens is 4. The van der Waals surface area contributed by atoms with Crippen molar-refractivity contribution in [3.05, 3.63) is 50.7 Å². The van der Waals surface area contributed by atoms with Gasteiger partial charge in [-0.3, -0.25) is 9.36 Å². The van der Waals surface area contributed by atoms with Crippen molar-refractivity contribution in [2.75, 3.05) is 0 Å². The predicted octanol–water partition coefficient (Wildman–Crippen LogP) is 2.38. The number of rotatable bonds is 2. The van der Waals surface area contributed by atoms with Gasteiger partial charge in [-0.15, -0.1) is 0 Å². The molecule has 0 saturated heterocycles. The second-order valence-electron chi connectivity index (χ2n) is 5.79. The molecule has 0 saturated carbocycles. The minimum atomic E-state index is -4.56. The lowest BCUT2D eigenvalue weighted by molar-refractivity contribution is -0.137. The van der Waals surface area contributed by atoms with E-state index in [9.17, 15) is 22.8 Å². The number of amides is 1. The van der Waals surface area contributed by atoms with Gasteiger partial charge in [-0.1, -0.05) is 11.6 Å². The molecule has 1 aliphatic rings. The highest BCUT2D eigenvalue weighted by Crippen LogP contribution is 2.31. The first-order valence-corrected chi connectivity index (χ1v) is 7.95. The molecule has 6 nitrogen and oxygen atoms in total. The second-order valence-corrected chi connectivity index (χ2v) is 6.19. The maximum Gasteiger partial charge on any atom is 0.416 e. The Morgan fingerprint density at radius 3 is 2.84 bits per heavy atom. The molecule has 1 aromatic carbocycles. The molecule has 1 amide bonds. The van der Waals surface area contributed by atoms with Crippen molar-refractivity contribution < 1.29 is 18.0 Å². The molecule has 1 aliphatic heterocycles. The molecule has 0 fully saturated rings. The van der Waals surface area contributed by atoms with Crippen LogP contribution < -0.4 is 11.0 Å². The molecule has 2 N–H and O–H groups in total. The molecule has 0 bridgehead atoms. The highest BCUT2D eigenvalue weighted by Gasteiger charge is 2.32. The van der Waals surface area contributed by atoms with Gasteiger partial charge in [-0.05, 0) is 31.0 Å². The second kappa shape index (κ2) is 6.55. The van der Waals surface area contributed by atoms with E-state index in [1.807, 2.05) is 0 Å². The first kappa shape index (κ1) is 17.5. The van der Waals surface area contributed by atoms with Crippen molar-refractivity contribution in [1.82, 2.24) is 20.1 Å². The molecule has 0 spiro atoms. The monoisotopic (exact) mass is 374 g/mol. The Hall–Kier alpha value is -2.29. The lowest BCUT2D eigenvalue weighted by Crippen LogP contribution is -2.35. The van der Waals surface area contributed by atoms with E-state index in [-0.39, 0.29) is 22.3 Å². The summed E-state index contributed by atoms with van der Waals surface area (Å²) in [7, 11) is 0. The highest BCUT2D eigenvalue weighted by atomic mass is 35.5. The van der Waals surface area contributed by atoms with Gasteiger partial charge in [0.15, 0.2) is 0 Å². The Balaban J connectivity index is 1.74. The molecule has 1 atom stereocenters. The quantitative estimate of drug-likeness (QED) is 0.847. The van der Waals surface area contributed by atoms with E-state index in [0.29, 0.717) is 31.6 Å². The number of hydrogen-bond donors (Lipinski definition) is 2. The van der Waals surface area contributed by atoms with E-state index in [1.54, 1.807) is 0 Å². The van der Waals surface area contributed by atoms with Gasteiger partial charge in [0, 0.05) is 19.0 Å². The van der Waals surface area contributed by atoms with Gasteiger partial charge >= 0.3 is 11.9 Å². The van der Waals surface area contributed by atoms with E-state index in [0.717, 1.165) is 18.2 Å². The molecule has 10 heteroatoms. The summed E-state index contributed by atoms with van der Waals surface area (Å²) in [5.74, 6) is -0.0756. The lowest BCUT2D eigenvalue weighted by Gasteiger charge is -2.17. The highest BCUT2D eigenvalue weighted by molar-refractivity contribution is 6.33. The molecule has 134 valence electrons. The van der Waals surface area contributed by atoms with E-state index >= 15 is 0 Å². The Morgan fingerprint density at radius 1 is 1.36 bits per heavy atom. The number of benzene rings is 1. The van der Waals surface area contributed by atoms with E-state index in [1.165, 1.54) is 4.57 Å². The van der Waals surface area contributed by atoms with Gasteiger partial charge in [0.05, 0.1) is 16.1 Å². The van der Waals surface area contributed by atoms with Gasteiger partial charge in [-0.25, -0.2) is 9.89 Å². The number of aryl methyl sites for hydroxylation is 1. The molecular formula is C15H14ClF3N4O2. The van der Waals surface area contributed by atoms with Crippen LogP contribution in [0.4, 0.5) is 13.2 Å². The molecule has 1 aromatic heterocycles. The van der Waals surface area contributed by atoms with Crippen LogP contribution in [0.1, 0.15) is 34.6 Å². The summed E-state index contributed by atoms with van der Waals surface area (Å²) in [6.07, 6.45) is -3.10. The molecule has 0 aliphatic carbocycles. The zero-order valence-electron chi connectivity index (χ0n) is 12.9. The van der Waals surface area contributed by atoms with Crippen LogP contribution in [0.15, 0.2) is 23.0 Å². The molecule has 25 heavy (non-hydrogen) atoms. The summed E-state index contributed by atoms with van der Waals surface area (Å²) in [5, 5.41) is 8.91. The Kier molecular flexibility index (Phi) is 4.59. The number of aromatic nitrogens is 3. The number of hydrogen-bond acceptors (Lipinski definition) is 3. The van der Waals surface area contributed by atoms with Crippen LogP contribution in [0.3, 0.4) is 0 Å². The van der Waals surface area contributed by atoms with Crippen molar-refractivity contribution in [2.24, 2.45) is 0 Å². The van der Waals surface area contributed by atoms with Gasteiger partial charge < -0.3 is 5.32 Å². The van der Waals surface area contributed by atoms with Crippen molar-refractivity contribution in [1.29, 1.82) is 0 Å². The maximum atomic E-state index is 12.8. The number of alkyl halides is 3. The zero-order valence-corrected chi connectivity index (χ0v) is 13.6. The topological polar surface area (TPSA) is 79.8 Å². The third kappa shape index (κ3) is 3.71. The number of fused-ring (bicyclic) bond motifs is 1. The summed E-state index contributed by atoms with van der Waals surface area (Å²) < 4.78 is 39.9. The molecule has 3 rings (SSSR count). The summed E-state index contributed by atoms with van der Waals surface area (Å²) in [6.45, 7) is 0.367. The van der Waals surface area contributed by atoms with Crippen LogP contribution in [0, 0.1) is 0 Å². The van der Waals surface area contributed by atoms with Crippen LogP contribution in [-0.4, -0.2) is 26.7 Å². The molecule has 0 radical (unpaired) electrons. The Morgan fingerprint density at radius 2 is 2.12 bits per heavy atom. The average Bonchev–Trinajstić information content (AvgIpc) is 2.76. The SMILES string of the molecule is O=C(NC1CCc2n[nH]c(=O)n2CC1)c1cc(C(F)(F)F)ccc1Cl. The minimum Gasteiger partial charge on any atom is -0.349 e. The van der Waals surface area contributed by atoms with E-state index in [4.69, 9.17) is 11.6 Å². The Bertz CT molecular complexity index is 859. The average molecular weight is 375 g/mol. The maximum absolute atomic E-state index is 12.8. The summed E-state index contributed by atoms with van der Waals surface area (Å²) in [4.78, 5) is 23.9. The fourth-order valence-corrected chi connectivity index (χ4v) is 2.99. The number of aromatic amines is 1. The molecule has 2 heterocycles. The lowest BCUT2D eigenvalue weighted by atomic mass is 10.1. The minimum absolute atomic E-state index is 0.0523. The summed E-state index contributed by atoms with van der Waals surface area (Å²) in [6, 6.07) is 2.33. The zero-order chi connectivity index (χ0) is 18.2. The van der Waals surface area contributed by atoms with Gasteiger partial charge in [0.1, 0.15) is 5.82 Å². The number of carbonyl (C=O) groups excluding carboxylic acids is 1. The fraction of sp³-hybridized carbons (Fsp3) is 0.400. The van der Waals surface area contributed by atoms with Crippen molar-refractivity contribution >= 4 is 17.5 Å². The van der Waals surface area contributed by atoms with Crippen molar-refractivity contribution in [2.45, 2.75) is 38.0 Å². The van der Waals surface area contributed by atoms with Crippen LogP contribution >= 0.6 is 11.6 Å². The third-order valence-electron chi connectivity index (χ3n) is 4.13. The number of H-pyrrole nitrogens is 1. The van der Waals surface area contributed by atoms with Gasteiger partial charge in [-0.2, -0.15) is 18.3 Å². The van der Waals surface area contributed by atoms with Crippen LogP contribution in [0.2, 0.25) is 5.02 Å². The first-order valence-electron chi connectivity index (χ1n) is 7.57. The standard InChI is InChI=1S/C15H14ClF3N4O2/c16-11-3-1-8(15(17,18)19)7-10(11)13(24)20-9-2-4-12-21-22-14(25)23(12)6-5-9/h1,3,7,9H,2,4-6H2,(H,20,24)(H,22,25). The molecule has 2 aromatic rings. The largest absolute Gasteiger partial charge is 0.416 e. The molecule has 1 unspecified atom stereocenters. The number of nitrogens with one attached hydrogen (secondary N) is 2.